The van der Waals surface area contributed by atoms with Gasteiger partial charge in [-0.05, 0) is 17.5 Å². The lowest BCUT2D eigenvalue weighted by molar-refractivity contribution is 0.0606. The Morgan fingerprint density at radius 3 is 2.91 bits per heavy atom. The van der Waals surface area contributed by atoms with Crippen molar-refractivity contribution in [2.45, 2.75) is 0 Å². The van der Waals surface area contributed by atoms with Gasteiger partial charge < -0.3 is 4.74 Å². The molecule has 4 rings (SSSR count). The maximum atomic E-state index is 12.7. The molecule has 0 amide bonds. The van der Waals surface area contributed by atoms with Crippen LogP contribution in [0, 0.1) is 0 Å². The molecule has 6 nitrogen and oxygen atoms in total. The van der Waals surface area contributed by atoms with Gasteiger partial charge in [0, 0.05) is 11.6 Å². The molecule has 0 radical (unpaired) electrons. The fraction of sp³-hybridized carbons (Fsp3) is 0.0625. The summed E-state index contributed by atoms with van der Waals surface area (Å²) < 4.78 is 6.13. The Hall–Kier alpha value is -2.93. The molecule has 0 aliphatic rings. The quantitative estimate of drug-likeness (QED) is 0.575. The molecule has 0 spiro atoms. The number of nitrogens with zero attached hydrogens (tertiary/aromatic N) is 2. The zero-order chi connectivity index (χ0) is 16.0. The first-order chi connectivity index (χ1) is 11.2. The number of hydrogen-bond acceptors (Lipinski definition) is 5. The second kappa shape index (κ2) is 5.06. The third-order valence-electron chi connectivity index (χ3n) is 3.69. The smallest absolute Gasteiger partial charge is 0.350 e. The van der Waals surface area contributed by atoms with E-state index in [1.807, 2.05) is 24.3 Å². The van der Waals surface area contributed by atoms with E-state index in [1.54, 1.807) is 17.6 Å². The van der Waals surface area contributed by atoms with Gasteiger partial charge in [0.2, 0.25) is 0 Å². The highest BCUT2D eigenvalue weighted by molar-refractivity contribution is 7.12. The number of nitrogens with one attached hydrogen (secondary N) is 1. The minimum Gasteiger partial charge on any atom is -0.465 e. The summed E-state index contributed by atoms with van der Waals surface area (Å²) in [5.74, 6) is -0.469. The van der Waals surface area contributed by atoms with Gasteiger partial charge in [0.05, 0.1) is 29.2 Å². The second-order valence-electron chi connectivity index (χ2n) is 4.94. The molecular formula is C16H11N3O3S. The second-order valence-corrected chi connectivity index (χ2v) is 5.86. The topological polar surface area (TPSA) is 77.0 Å². The number of aromatic nitrogens is 3. The number of pyridine rings is 1. The summed E-state index contributed by atoms with van der Waals surface area (Å²) in [4.78, 5) is 29.2. The molecule has 4 aromatic rings. The fourth-order valence-electron chi connectivity index (χ4n) is 2.60. The van der Waals surface area contributed by atoms with E-state index in [2.05, 4.69) is 10.1 Å². The molecule has 7 heteroatoms. The summed E-state index contributed by atoms with van der Waals surface area (Å²) in [6.45, 7) is 0. The molecular weight excluding hydrogens is 314 g/mol. The van der Waals surface area contributed by atoms with Crippen LogP contribution in [0.4, 0.5) is 0 Å². The Labute approximate surface area is 133 Å². The molecule has 0 aliphatic heterocycles. The van der Waals surface area contributed by atoms with Gasteiger partial charge in [-0.3, -0.25) is 14.9 Å². The summed E-state index contributed by atoms with van der Waals surface area (Å²) in [5.41, 5.74) is 1.73. The molecule has 1 N–H and O–H groups in total. The molecule has 0 bridgehead atoms. The number of methoxy groups -OCH3 is 1. The molecule has 0 atom stereocenters. The van der Waals surface area contributed by atoms with E-state index in [-0.39, 0.29) is 5.56 Å². The lowest BCUT2D eigenvalue weighted by Gasteiger charge is -2.02. The summed E-state index contributed by atoms with van der Waals surface area (Å²) in [6, 6.07) is 9.28. The Balaban J connectivity index is 2.04. The normalized spacial score (nSPS) is 11.2. The van der Waals surface area contributed by atoms with Crippen LogP contribution in [0.5, 0.6) is 0 Å². The molecule has 0 saturated heterocycles. The standard InChI is InChI=1S/C16H11N3O3S/c1-22-16(21)14-12(6-7-23-14)19-15(20)10-8-17-11-5-3-2-4-9(11)13(10)18-19/h2-8,18H,1H3. The first-order valence-corrected chi connectivity index (χ1v) is 7.73. The molecule has 114 valence electrons. The average molecular weight is 325 g/mol. The zero-order valence-corrected chi connectivity index (χ0v) is 12.9. The van der Waals surface area contributed by atoms with E-state index < -0.39 is 5.97 Å². The van der Waals surface area contributed by atoms with Gasteiger partial charge in [0.1, 0.15) is 4.88 Å². The number of hydrogen-bond donors (Lipinski definition) is 1. The number of ether oxygens (including phenoxy) is 1. The first kappa shape index (κ1) is 13.7. The van der Waals surface area contributed by atoms with Crippen LogP contribution in [0.2, 0.25) is 0 Å². The predicted octanol–water partition coefficient (Wildman–Crippen LogP) is 2.72. The summed E-state index contributed by atoms with van der Waals surface area (Å²) >= 11 is 1.23. The number of fused-ring (bicyclic) bond motifs is 3. The van der Waals surface area contributed by atoms with E-state index in [0.717, 1.165) is 10.9 Å². The van der Waals surface area contributed by atoms with Gasteiger partial charge in [0.15, 0.2) is 0 Å². The van der Waals surface area contributed by atoms with Crippen LogP contribution in [0.3, 0.4) is 0 Å². The molecule has 23 heavy (non-hydrogen) atoms. The van der Waals surface area contributed by atoms with Gasteiger partial charge in [-0.1, -0.05) is 18.2 Å². The van der Waals surface area contributed by atoms with Crippen LogP contribution >= 0.6 is 11.3 Å². The minimum atomic E-state index is -0.469. The summed E-state index contributed by atoms with van der Waals surface area (Å²) in [7, 11) is 1.32. The van der Waals surface area contributed by atoms with Crippen LogP contribution in [-0.2, 0) is 4.74 Å². The number of aromatic amines is 1. The van der Waals surface area contributed by atoms with E-state index >= 15 is 0 Å². The van der Waals surface area contributed by atoms with Crippen LogP contribution in [-0.4, -0.2) is 27.8 Å². The SMILES string of the molecule is COC(=O)c1sccc1-n1[nH]c2c(cnc3ccccc32)c1=O. The van der Waals surface area contributed by atoms with Gasteiger partial charge >= 0.3 is 5.97 Å². The van der Waals surface area contributed by atoms with Crippen molar-refractivity contribution in [1.29, 1.82) is 0 Å². The number of carbonyl (C=O) groups excluding carboxylic acids is 1. The molecule has 3 aromatic heterocycles. The van der Waals surface area contributed by atoms with Crippen LogP contribution < -0.4 is 5.56 Å². The largest absolute Gasteiger partial charge is 0.465 e. The molecule has 3 heterocycles. The molecule has 0 unspecified atom stereocenters. The Morgan fingerprint density at radius 2 is 2.09 bits per heavy atom. The van der Waals surface area contributed by atoms with Crippen LogP contribution in [0.15, 0.2) is 46.7 Å². The van der Waals surface area contributed by atoms with Crippen LogP contribution in [0.25, 0.3) is 27.5 Å². The van der Waals surface area contributed by atoms with Crippen molar-refractivity contribution in [3.05, 3.63) is 57.1 Å². The van der Waals surface area contributed by atoms with Gasteiger partial charge in [0.25, 0.3) is 5.56 Å². The average Bonchev–Trinajstić information content (AvgIpc) is 3.19. The van der Waals surface area contributed by atoms with Crippen molar-refractivity contribution >= 4 is 39.1 Å². The predicted molar refractivity (Wildman–Crippen MR) is 88.4 cm³/mol. The lowest BCUT2D eigenvalue weighted by Crippen LogP contribution is -2.16. The highest BCUT2D eigenvalue weighted by Gasteiger charge is 2.19. The molecule has 0 saturated carbocycles. The number of para-hydroxylation sites is 1. The fourth-order valence-corrected chi connectivity index (χ4v) is 3.39. The van der Waals surface area contributed by atoms with E-state index in [1.165, 1.54) is 23.1 Å². The number of thiophene rings is 1. The first-order valence-electron chi connectivity index (χ1n) is 6.85. The molecule has 1 aromatic carbocycles. The van der Waals surface area contributed by atoms with E-state index in [0.29, 0.717) is 21.5 Å². The summed E-state index contributed by atoms with van der Waals surface area (Å²) in [5, 5.41) is 6.17. The Kier molecular flexibility index (Phi) is 3.02. The number of rotatable bonds is 2. The van der Waals surface area contributed by atoms with E-state index in [9.17, 15) is 9.59 Å². The number of benzene rings is 1. The number of H-pyrrole nitrogens is 1. The third kappa shape index (κ3) is 1.97. The van der Waals surface area contributed by atoms with Crippen molar-refractivity contribution in [2.75, 3.05) is 7.11 Å². The highest BCUT2D eigenvalue weighted by Crippen LogP contribution is 2.24. The van der Waals surface area contributed by atoms with Crippen molar-refractivity contribution in [3.63, 3.8) is 0 Å². The Morgan fingerprint density at radius 1 is 1.26 bits per heavy atom. The van der Waals surface area contributed by atoms with Crippen molar-refractivity contribution in [3.8, 4) is 5.69 Å². The molecule has 0 fully saturated rings. The maximum Gasteiger partial charge on any atom is 0.350 e. The van der Waals surface area contributed by atoms with Crippen molar-refractivity contribution in [1.82, 2.24) is 14.8 Å². The van der Waals surface area contributed by atoms with Gasteiger partial charge in [-0.25, -0.2) is 9.48 Å². The van der Waals surface area contributed by atoms with Gasteiger partial charge in [-0.2, -0.15) is 0 Å². The summed E-state index contributed by atoms with van der Waals surface area (Å²) in [6.07, 6.45) is 1.55. The number of esters is 1. The maximum absolute atomic E-state index is 12.7. The Bertz CT molecular complexity index is 1110. The van der Waals surface area contributed by atoms with E-state index in [4.69, 9.17) is 4.74 Å². The third-order valence-corrected chi connectivity index (χ3v) is 4.57. The number of carbonyl (C=O) groups is 1. The molecule has 0 aliphatic carbocycles. The van der Waals surface area contributed by atoms with Crippen LogP contribution in [0.1, 0.15) is 9.67 Å². The van der Waals surface area contributed by atoms with Gasteiger partial charge in [-0.15, -0.1) is 11.3 Å². The lowest BCUT2D eigenvalue weighted by atomic mass is 10.2. The minimum absolute atomic E-state index is 0.248. The highest BCUT2D eigenvalue weighted by atomic mass is 32.1. The zero-order valence-electron chi connectivity index (χ0n) is 12.1. The van der Waals surface area contributed by atoms with Crippen molar-refractivity contribution < 1.29 is 9.53 Å². The van der Waals surface area contributed by atoms with Crippen molar-refractivity contribution in [2.24, 2.45) is 0 Å². The monoisotopic (exact) mass is 325 g/mol.